The SMILES string of the molecule is C=CCCC(=O)N1CCN([C@H](C)C(=O)N2CCOCC2)CC1. The maximum absolute atomic E-state index is 12.5. The maximum atomic E-state index is 12.5. The summed E-state index contributed by atoms with van der Waals surface area (Å²) in [6.07, 6.45) is 3.04. The molecule has 6 heteroatoms. The molecule has 2 saturated heterocycles. The fourth-order valence-corrected chi connectivity index (χ4v) is 2.95. The van der Waals surface area contributed by atoms with Gasteiger partial charge in [-0.3, -0.25) is 14.5 Å². The number of rotatable bonds is 5. The molecule has 0 unspecified atom stereocenters. The Morgan fingerprint density at radius 2 is 1.73 bits per heavy atom. The van der Waals surface area contributed by atoms with E-state index in [-0.39, 0.29) is 17.9 Å². The summed E-state index contributed by atoms with van der Waals surface area (Å²) in [4.78, 5) is 30.4. The highest BCUT2D eigenvalue weighted by molar-refractivity contribution is 5.81. The summed E-state index contributed by atoms with van der Waals surface area (Å²) in [5, 5.41) is 0. The van der Waals surface area contributed by atoms with Gasteiger partial charge in [-0.1, -0.05) is 6.08 Å². The van der Waals surface area contributed by atoms with E-state index in [4.69, 9.17) is 4.74 Å². The molecular weight excluding hydrogens is 282 g/mol. The molecule has 0 radical (unpaired) electrons. The number of carbonyl (C=O) groups excluding carboxylic acids is 2. The Hall–Kier alpha value is -1.40. The van der Waals surface area contributed by atoms with E-state index in [9.17, 15) is 9.59 Å². The van der Waals surface area contributed by atoms with Crippen molar-refractivity contribution in [2.45, 2.75) is 25.8 Å². The van der Waals surface area contributed by atoms with Crippen molar-refractivity contribution in [3.63, 3.8) is 0 Å². The molecule has 6 nitrogen and oxygen atoms in total. The Kier molecular flexibility index (Phi) is 6.39. The highest BCUT2D eigenvalue weighted by Gasteiger charge is 2.30. The van der Waals surface area contributed by atoms with Crippen molar-refractivity contribution in [2.75, 3.05) is 52.5 Å². The van der Waals surface area contributed by atoms with Crippen molar-refractivity contribution >= 4 is 11.8 Å². The molecule has 2 amide bonds. The molecule has 2 aliphatic heterocycles. The topological polar surface area (TPSA) is 53.1 Å². The molecule has 124 valence electrons. The molecule has 0 bridgehead atoms. The van der Waals surface area contributed by atoms with Crippen LogP contribution >= 0.6 is 0 Å². The van der Waals surface area contributed by atoms with Crippen molar-refractivity contribution in [2.24, 2.45) is 0 Å². The van der Waals surface area contributed by atoms with E-state index < -0.39 is 0 Å². The minimum absolute atomic E-state index is 0.122. The van der Waals surface area contributed by atoms with Crippen molar-refractivity contribution in [3.05, 3.63) is 12.7 Å². The van der Waals surface area contributed by atoms with Crippen LogP contribution in [0.25, 0.3) is 0 Å². The zero-order valence-electron chi connectivity index (χ0n) is 13.5. The van der Waals surface area contributed by atoms with Crippen LogP contribution in [-0.2, 0) is 14.3 Å². The predicted octanol–water partition coefficient (Wildman–Crippen LogP) is 0.344. The fraction of sp³-hybridized carbons (Fsp3) is 0.750. The maximum Gasteiger partial charge on any atom is 0.239 e. The molecule has 0 spiro atoms. The van der Waals surface area contributed by atoms with E-state index in [0.29, 0.717) is 45.8 Å². The van der Waals surface area contributed by atoms with Gasteiger partial charge in [0.2, 0.25) is 11.8 Å². The van der Waals surface area contributed by atoms with Gasteiger partial charge in [0, 0.05) is 45.7 Å². The lowest BCUT2D eigenvalue weighted by Crippen LogP contribution is -2.56. The largest absolute Gasteiger partial charge is 0.378 e. The number of morpholine rings is 1. The molecule has 0 saturated carbocycles. The zero-order chi connectivity index (χ0) is 15.9. The minimum atomic E-state index is -0.122. The molecule has 0 aromatic rings. The second kappa shape index (κ2) is 8.29. The van der Waals surface area contributed by atoms with Crippen LogP contribution in [0.15, 0.2) is 12.7 Å². The summed E-state index contributed by atoms with van der Waals surface area (Å²) in [6.45, 7) is 11.2. The molecule has 0 aliphatic carbocycles. The van der Waals surface area contributed by atoms with Crippen LogP contribution in [0, 0.1) is 0 Å². The number of amides is 2. The van der Waals surface area contributed by atoms with Crippen molar-refractivity contribution in [1.82, 2.24) is 14.7 Å². The van der Waals surface area contributed by atoms with Gasteiger partial charge in [-0.05, 0) is 13.3 Å². The number of nitrogens with zero attached hydrogens (tertiary/aromatic N) is 3. The van der Waals surface area contributed by atoms with Crippen LogP contribution in [0.4, 0.5) is 0 Å². The molecule has 1 atom stereocenters. The van der Waals surface area contributed by atoms with Gasteiger partial charge in [0.1, 0.15) is 0 Å². The first-order valence-corrected chi connectivity index (χ1v) is 8.12. The quantitative estimate of drug-likeness (QED) is 0.688. The Balaban J connectivity index is 1.78. The second-order valence-corrected chi connectivity index (χ2v) is 5.86. The average molecular weight is 309 g/mol. The lowest BCUT2D eigenvalue weighted by atomic mass is 10.2. The first kappa shape index (κ1) is 17.0. The van der Waals surface area contributed by atoms with Gasteiger partial charge in [0.25, 0.3) is 0 Å². The van der Waals surface area contributed by atoms with Gasteiger partial charge in [0.05, 0.1) is 19.3 Å². The predicted molar refractivity (Wildman–Crippen MR) is 84.4 cm³/mol. The molecule has 2 fully saturated rings. The van der Waals surface area contributed by atoms with Gasteiger partial charge in [-0.2, -0.15) is 0 Å². The standard InChI is InChI=1S/C16H27N3O3/c1-3-4-5-15(20)18-8-6-17(7-9-18)14(2)16(21)19-10-12-22-13-11-19/h3,14H,1,4-13H2,2H3/t14-/m1/s1. The minimum Gasteiger partial charge on any atom is -0.378 e. The normalized spacial score (nSPS) is 21.5. The average Bonchev–Trinajstić information content (AvgIpc) is 2.59. The fourth-order valence-electron chi connectivity index (χ4n) is 2.95. The van der Waals surface area contributed by atoms with Crippen molar-refractivity contribution in [1.29, 1.82) is 0 Å². The smallest absolute Gasteiger partial charge is 0.239 e. The molecule has 22 heavy (non-hydrogen) atoms. The first-order chi connectivity index (χ1) is 10.6. The molecular formula is C16H27N3O3. The van der Waals surface area contributed by atoms with E-state index in [1.165, 1.54) is 0 Å². The van der Waals surface area contributed by atoms with E-state index in [2.05, 4.69) is 11.5 Å². The number of hydrogen-bond donors (Lipinski definition) is 0. The van der Waals surface area contributed by atoms with Crippen LogP contribution in [0.2, 0.25) is 0 Å². The Bertz CT molecular complexity index is 399. The molecule has 0 N–H and O–H groups in total. The molecule has 0 aromatic carbocycles. The Morgan fingerprint density at radius 3 is 2.32 bits per heavy atom. The Morgan fingerprint density at radius 1 is 1.09 bits per heavy atom. The van der Waals surface area contributed by atoms with Crippen LogP contribution in [0.3, 0.4) is 0 Å². The molecule has 2 aliphatic rings. The first-order valence-electron chi connectivity index (χ1n) is 8.12. The van der Waals surface area contributed by atoms with Gasteiger partial charge in [-0.25, -0.2) is 0 Å². The lowest BCUT2D eigenvalue weighted by molar-refractivity contribution is -0.142. The molecule has 2 heterocycles. The van der Waals surface area contributed by atoms with Crippen LogP contribution in [0.1, 0.15) is 19.8 Å². The third-order valence-electron chi connectivity index (χ3n) is 4.46. The van der Waals surface area contributed by atoms with Gasteiger partial charge >= 0.3 is 0 Å². The second-order valence-electron chi connectivity index (χ2n) is 5.86. The van der Waals surface area contributed by atoms with E-state index in [0.717, 1.165) is 19.5 Å². The summed E-state index contributed by atoms with van der Waals surface area (Å²) >= 11 is 0. The summed E-state index contributed by atoms with van der Waals surface area (Å²) in [6, 6.07) is -0.122. The number of allylic oxidation sites excluding steroid dienone is 1. The van der Waals surface area contributed by atoms with E-state index in [1.807, 2.05) is 16.7 Å². The van der Waals surface area contributed by atoms with Crippen LogP contribution in [0.5, 0.6) is 0 Å². The van der Waals surface area contributed by atoms with Crippen molar-refractivity contribution < 1.29 is 14.3 Å². The van der Waals surface area contributed by atoms with Crippen LogP contribution < -0.4 is 0 Å². The summed E-state index contributed by atoms with van der Waals surface area (Å²) in [5.41, 5.74) is 0. The molecule has 2 rings (SSSR count). The molecule has 0 aromatic heterocycles. The summed E-state index contributed by atoms with van der Waals surface area (Å²) in [7, 11) is 0. The highest BCUT2D eigenvalue weighted by atomic mass is 16.5. The number of hydrogen-bond acceptors (Lipinski definition) is 4. The monoisotopic (exact) mass is 309 g/mol. The lowest BCUT2D eigenvalue weighted by Gasteiger charge is -2.39. The third-order valence-corrected chi connectivity index (χ3v) is 4.46. The summed E-state index contributed by atoms with van der Waals surface area (Å²) in [5.74, 6) is 0.362. The summed E-state index contributed by atoms with van der Waals surface area (Å²) < 4.78 is 5.29. The van der Waals surface area contributed by atoms with E-state index >= 15 is 0 Å². The number of ether oxygens (including phenoxy) is 1. The zero-order valence-corrected chi connectivity index (χ0v) is 13.5. The van der Waals surface area contributed by atoms with Gasteiger partial charge in [0.15, 0.2) is 0 Å². The number of carbonyl (C=O) groups is 2. The Labute approximate surface area is 132 Å². The van der Waals surface area contributed by atoms with Gasteiger partial charge in [-0.15, -0.1) is 6.58 Å². The van der Waals surface area contributed by atoms with Crippen molar-refractivity contribution in [3.8, 4) is 0 Å². The highest BCUT2D eigenvalue weighted by Crippen LogP contribution is 2.11. The van der Waals surface area contributed by atoms with E-state index in [1.54, 1.807) is 6.08 Å². The third kappa shape index (κ3) is 4.30. The number of piperazine rings is 1. The van der Waals surface area contributed by atoms with Gasteiger partial charge < -0.3 is 14.5 Å². The van der Waals surface area contributed by atoms with Crippen LogP contribution in [-0.4, -0.2) is 85.0 Å².